The fourth-order valence-corrected chi connectivity index (χ4v) is 2.61. The molecule has 3 rings (SSSR count). The molecule has 3 N–H and O–H groups in total. The van der Waals surface area contributed by atoms with Gasteiger partial charge >= 0.3 is 0 Å². The van der Waals surface area contributed by atoms with Gasteiger partial charge in [-0.3, -0.25) is 4.79 Å². The zero-order valence-electron chi connectivity index (χ0n) is 11.9. The van der Waals surface area contributed by atoms with Crippen LogP contribution >= 0.6 is 0 Å². The summed E-state index contributed by atoms with van der Waals surface area (Å²) in [5, 5.41) is 11.4. The minimum absolute atomic E-state index is 0.0144. The van der Waals surface area contributed by atoms with Gasteiger partial charge in [-0.25, -0.2) is 0 Å². The number of nitrogens with two attached hydrogens (primary N) is 1. The van der Waals surface area contributed by atoms with Crippen molar-refractivity contribution in [1.82, 2.24) is 14.8 Å². The maximum Gasteiger partial charge on any atom is 0.238 e. The highest BCUT2D eigenvalue weighted by Crippen LogP contribution is 2.23. The largest absolute Gasteiger partial charge is 0.325 e. The first-order chi connectivity index (χ1) is 10.3. The summed E-state index contributed by atoms with van der Waals surface area (Å²) < 4.78 is 2.21. The Morgan fingerprint density at radius 2 is 2.00 bits per heavy atom. The molecule has 0 saturated heterocycles. The number of amides is 1. The molecule has 0 saturated carbocycles. The normalized spacial score (nSPS) is 14.3. The van der Waals surface area contributed by atoms with Crippen LogP contribution in [0.1, 0.15) is 25.1 Å². The number of aromatic nitrogens is 3. The zero-order valence-corrected chi connectivity index (χ0v) is 11.9. The van der Waals surface area contributed by atoms with Crippen LogP contribution in [0.15, 0.2) is 24.3 Å². The summed E-state index contributed by atoms with van der Waals surface area (Å²) in [5.74, 6) is 1.78. The topological polar surface area (TPSA) is 85.8 Å². The highest BCUT2D eigenvalue weighted by atomic mass is 16.1. The second kappa shape index (κ2) is 6.05. The molecule has 21 heavy (non-hydrogen) atoms. The van der Waals surface area contributed by atoms with Gasteiger partial charge in [0.2, 0.25) is 5.91 Å². The molecule has 1 aliphatic rings. The summed E-state index contributed by atoms with van der Waals surface area (Å²) in [6.45, 7) is 0.961. The fourth-order valence-electron chi connectivity index (χ4n) is 2.61. The van der Waals surface area contributed by atoms with Gasteiger partial charge in [0.05, 0.1) is 6.54 Å². The molecule has 1 aliphatic heterocycles. The lowest BCUT2D eigenvalue weighted by molar-refractivity contribution is -0.114. The number of anilines is 1. The highest BCUT2D eigenvalue weighted by molar-refractivity contribution is 5.92. The smallest absolute Gasteiger partial charge is 0.238 e. The molecule has 2 heterocycles. The lowest BCUT2D eigenvalue weighted by atomic mass is 10.2. The minimum atomic E-state index is -0.195. The first-order valence-electron chi connectivity index (χ1n) is 7.30. The van der Waals surface area contributed by atoms with Crippen molar-refractivity contribution in [3.05, 3.63) is 30.1 Å². The van der Waals surface area contributed by atoms with Crippen LogP contribution in [0.3, 0.4) is 0 Å². The van der Waals surface area contributed by atoms with Crippen LogP contribution in [-0.2, 0) is 17.8 Å². The molecule has 1 amide bonds. The van der Waals surface area contributed by atoms with Gasteiger partial charge in [0.25, 0.3) is 0 Å². The fraction of sp³-hybridized carbons (Fsp3) is 0.400. The first kappa shape index (κ1) is 13.8. The van der Waals surface area contributed by atoms with Crippen LogP contribution in [-0.4, -0.2) is 27.2 Å². The van der Waals surface area contributed by atoms with Gasteiger partial charge in [0, 0.05) is 24.2 Å². The Bertz CT molecular complexity index is 632. The van der Waals surface area contributed by atoms with Crippen LogP contribution in [0.25, 0.3) is 11.4 Å². The molecule has 2 aromatic rings. The summed E-state index contributed by atoms with van der Waals surface area (Å²) >= 11 is 0. The van der Waals surface area contributed by atoms with Gasteiger partial charge in [-0.15, -0.1) is 10.2 Å². The van der Waals surface area contributed by atoms with Crippen LogP contribution in [0, 0.1) is 0 Å². The molecule has 0 unspecified atom stereocenters. The van der Waals surface area contributed by atoms with Gasteiger partial charge in [-0.1, -0.05) is 6.42 Å². The Kier molecular flexibility index (Phi) is 3.96. The van der Waals surface area contributed by atoms with E-state index in [1.165, 1.54) is 19.3 Å². The number of rotatable bonds is 3. The number of aryl methyl sites for hydroxylation is 1. The molecule has 0 atom stereocenters. The Hall–Kier alpha value is -2.21. The van der Waals surface area contributed by atoms with E-state index in [9.17, 15) is 4.79 Å². The number of fused-ring (bicyclic) bond motifs is 1. The summed E-state index contributed by atoms with van der Waals surface area (Å²) in [4.78, 5) is 11.3. The van der Waals surface area contributed by atoms with Gasteiger partial charge in [-0.05, 0) is 37.1 Å². The minimum Gasteiger partial charge on any atom is -0.325 e. The van der Waals surface area contributed by atoms with E-state index in [0.717, 1.165) is 35.9 Å². The number of nitrogens with one attached hydrogen (secondary N) is 1. The van der Waals surface area contributed by atoms with Gasteiger partial charge in [-0.2, -0.15) is 0 Å². The van der Waals surface area contributed by atoms with Crippen LogP contribution in [0.4, 0.5) is 5.69 Å². The standard InChI is InChI=1S/C15H19N5O/c16-10-14(21)17-12-7-5-11(6-8-12)15-19-18-13-4-2-1-3-9-20(13)15/h5-8H,1-4,9-10,16H2,(H,17,21). The lowest BCUT2D eigenvalue weighted by Gasteiger charge is -2.08. The molecule has 6 heteroatoms. The highest BCUT2D eigenvalue weighted by Gasteiger charge is 2.15. The van der Waals surface area contributed by atoms with Crippen LogP contribution in [0.2, 0.25) is 0 Å². The van der Waals surface area contributed by atoms with Crippen molar-refractivity contribution in [3.63, 3.8) is 0 Å². The number of nitrogens with zero attached hydrogens (tertiary/aromatic N) is 3. The van der Waals surface area contributed by atoms with Crippen molar-refractivity contribution in [2.24, 2.45) is 5.73 Å². The molecule has 110 valence electrons. The quantitative estimate of drug-likeness (QED) is 0.896. The molecule has 0 fully saturated rings. The average molecular weight is 285 g/mol. The third-order valence-electron chi connectivity index (χ3n) is 3.72. The summed E-state index contributed by atoms with van der Waals surface area (Å²) in [6, 6.07) is 7.63. The van der Waals surface area contributed by atoms with Gasteiger partial charge < -0.3 is 15.6 Å². The summed E-state index contributed by atoms with van der Waals surface area (Å²) in [6.07, 6.45) is 4.59. The number of hydrogen-bond donors (Lipinski definition) is 2. The molecule has 0 bridgehead atoms. The molecular weight excluding hydrogens is 266 g/mol. The van der Waals surface area contributed by atoms with Crippen molar-refractivity contribution in [2.75, 3.05) is 11.9 Å². The van der Waals surface area contributed by atoms with Gasteiger partial charge in [0.1, 0.15) is 5.82 Å². The molecule has 6 nitrogen and oxygen atoms in total. The first-order valence-corrected chi connectivity index (χ1v) is 7.30. The van der Waals surface area contributed by atoms with E-state index in [1.54, 1.807) is 0 Å². The predicted octanol–water partition coefficient (Wildman–Crippen LogP) is 1.57. The Balaban J connectivity index is 1.84. The summed E-state index contributed by atoms with van der Waals surface area (Å²) in [7, 11) is 0. The van der Waals surface area contributed by atoms with Crippen molar-refractivity contribution in [3.8, 4) is 11.4 Å². The number of carbonyl (C=O) groups excluding carboxylic acids is 1. The van der Waals surface area contributed by atoms with E-state index in [-0.39, 0.29) is 12.5 Å². The average Bonchev–Trinajstić information content (AvgIpc) is 2.76. The zero-order chi connectivity index (χ0) is 14.7. The predicted molar refractivity (Wildman–Crippen MR) is 80.7 cm³/mol. The second-order valence-electron chi connectivity index (χ2n) is 5.23. The van der Waals surface area contributed by atoms with Crippen molar-refractivity contribution < 1.29 is 4.79 Å². The number of hydrogen-bond acceptors (Lipinski definition) is 4. The van der Waals surface area contributed by atoms with Crippen LogP contribution < -0.4 is 11.1 Å². The van der Waals surface area contributed by atoms with Gasteiger partial charge in [0.15, 0.2) is 5.82 Å². The maximum atomic E-state index is 11.3. The third kappa shape index (κ3) is 2.95. The number of benzene rings is 1. The molecule has 0 radical (unpaired) electrons. The second-order valence-corrected chi connectivity index (χ2v) is 5.23. The lowest BCUT2D eigenvalue weighted by Crippen LogP contribution is -2.21. The van der Waals surface area contributed by atoms with Crippen molar-refractivity contribution >= 4 is 11.6 Å². The van der Waals surface area contributed by atoms with E-state index in [0.29, 0.717) is 0 Å². The monoisotopic (exact) mass is 285 g/mol. The molecule has 0 spiro atoms. The van der Waals surface area contributed by atoms with Crippen molar-refractivity contribution in [2.45, 2.75) is 32.2 Å². The van der Waals surface area contributed by atoms with E-state index < -0.39 is 0 Å². The Morgan fingerprint density at radius 3 is 2.76 bits per heavy atom. The van der Waals surface area contributed by atoms with E-state index in [1.807, 2.05) is 24.3 Å². The van der Waals surface area contributed by atoms with Crippen LogP contribution in [0.5, 0.6) is 0 Å². The molecule has 1 aromatic heterocycles. The maximum absolute atomic E-state index is 11.3. The van der Waals surface area contributed by atoms with Crippen molar-refractivity contribution in [1.29, 1.82) is 0 Å². The Morgan fingerprint density at radius 1 is 1.19 bits per heavy atom. The molecular formula is C15H19N5O. The molecule has 0 aliphatic carbocycles. The van der Waals surface area contributed by atoms with E-state index >= 15 is 0 Å². The number of carbonyl (C=O) groups is 1. The third-order valence-corrected chi connectivity index (χ3v) is 3.72. The SMILES string of the molecule is NCC(=O)Nc1ccc(-c2nnc3n2CCCCC3)cc1. The Labute approximate surface area is 123 Å². The molecule has 1 aromatic carbocycles. The van der Waals surface area contributed by atoms with E-state index in [4.69, 9.17) is 5.73 Å². The summed E-state index contributed by atoms with van der Waals surface area (Å²) in [5.41, 5.74) is 7.04. The van der Waals surface area contributed by atoms with E-state index in [2.05, 4.69) is 20.1 Å².